The van der Waals surface area contributed by atoms with Crippen molar-refractivity contribution in [1.82, 2.24) is 5.32 Å². The summed E-state index contributed by atoms with van der Waals surface area (Å²) in [5.41, 5.74) is 0.921. The van der Waals surface area contributed by atoms with Crippen LogP contribution in [0.25, 0.3) is 0 Å². The van der Waals surface area contributed by atoms with Crippen LogP contribution in [0, 0.1) is 6.92 Å². The van der Waals surface area contributed by atoms with E-state index in [4.69, 9.17) is 9.47 Å². The van der Waals surface area contributed by atoms with E-state index in [0.717, 1.165) is 36.1 Å². The Morgan fingerprint density at radius 3 is 2.74 bits per heavy atom. The number of ether oxygens (including phenoxy) is 2. The fourth-order valence-electron chi connectivity index (χ4n) is 2.31. The smallest absolute Gasteiger partial charge is 0.195 e. The zero-order chi connectivity index (χ0) is 16.1. The third-order valence-corrected chi connectivity index (χ3v) is 4.46. The molecule has 0 amide bonds. The molecule has 6 heteroatoms. The van der Waals surface area contributed by atoms with Gasteiger partial charge in [-0.25, -0.2) is 0 Å². The average molecular weight is 331 g/mol. The van der Waals surface area contributed by atoms with Gasteiger partial charge in [0.1, 0.15) is 0 Å². The van der Waals surface area contributed by atoms with Crippen molar-refractivity contribution >= 4 is 23.0 Å². The average Bonchev–Trinajstić information content (AvgIpc) is 2.83. The first kappa shape index (κ1) is 15.7. The molecule has 5 nitrogen and oxygen atoms in total. The van der Waals surface area contributed by atoms with Crippen LogP contribution in [0.4, 0.5) is 5.69 Å². The van der Waals surface area contributed by atoms with Crippen LogP contribution < -0.4 is 20.1 Å². The molecule has 1 aliphatic heterocycles. The summed E-state index contributed by atoms with van der Waals surface area (Å²) < 4.78 is 11.4. The van der Waals surface area contributed by atoms with Gasteiger partial charge in [-0.1, -0.05) is 0 Å². The molecule has 0 bridgehead atoms. The third-order valence-electron chi connectivity index (χ3n) is 3.46. The summed E-state index contributed by atoms with van der Waals surface area (Å²) >= 11 is 1.79. The van der Waals surface area contributed by atoms with Gasteiger partial charge in [0.25, 0.3) is 0 Å². The molecule has 3 rings (SSSR count). The maximum atomic E-state index is 5.71. The van der Waals surface area contributed by atoms with Gasteiger partial charge >= 0.3 is 0 Å². The predicted molar refractivity (Wildman–Crippen MR) is 94.9 cm³/mol. The van der Waals surface area contributed by atoms with Crippen molar-refractivity contribution in [3.8, 4) is 11.5 Å². The number of hydrogen-bond acceptors (Lipinski definition) is 4. The zero-order valence-electron chi connectivity index (χ0n) is 13.4. The highest BCUT2D eigenvalue weighted by Crippen LogP contribution is 2.32. The molecular formula is C17H21N3O2S. The van der Waals surface area contributed by atoms with Crippen molar-refractivity contribution in [3.63, 3.8) is 0 Å². The van der Waals surface area contributed by atoms with E-state index in [1.165, 1.54) is 9.75 Å². The highest BCUT2D eigenvalue weighted by Gasteiger charge is 2.11. The second-order valence-corrected chi connectivity index (χ2v) is 6.65. The van der Waals surface area contributed by atoms with E-state index >= 15 is 0 Å². The fourth-order valence-corrected chi connectivity index (χ4v) is 3.14. The first-order chi connectivity index (χ1) is 11.2. The van der Waals surface area contributed by atoms with E-state index in [-0.39, 0.29) is 0 Å². The second-order valence-electron chi connectivity index (χ2n) is 5.28. The first-order valence-electron chi connectivity index (χ1n) is 7.67. The van der Waals surface area contributed by atoms with Crippen molar-refractivity contribution in [1.29, 1.82) is 0 Å². The molecule has 2 heterocycles. The molecule has 0 spiro atoms. The van der Waals surface area contributed by atoms with Gasteiger partial charge in [0, 0.05) is 35.0 Å². The molecule has 23 heavy (non-hydrogen) atoms. The van der Waals surface area contributed by atoms with Crippen molar-refractivity contribution in [3.05, 3.63) is 40.1 Å². The van der Waals surface area contributed by atoms with Crippen LogP contribution in [0.3, 0.4) is 0 Å². The minimum atomic E-state index is 0.682. The van der Waals surface area contributed by atoms with Crippen molar-refractivity contribution in [2.45, 2.75) is 19.9 Å². The Hall–Kier alpha value is -2.21. The Balaban J connectivity index is 1.63. The molecule has 1 aromatic heterocycles. The number of anilines is 1. The van der Waals surface area contributed by atoms with Crippen LogP contribution in [-0.4, -0.2) is 26.2 Å². The Labute approximate surface area is 140 Å². The van der Waals surface area contributed by atoms with Crippen LogP contribution >= 0.6 is 11.3 Å². The lowest BCUT2D eigenvalue weighted by Crippen LogP contribution is -2.29. The molecule has 0 aliphatic carbocycles. The third kappa shape index (κ3) is 4.16. The molecule has 122 valence electrons. The molecule has 0 saturated heterocycles. The lowest BCUT2D eigenvalue weighted by atomic mass is 10.3. The minimum absolute atomic E-state index is 0.682. The van der Waals surface area contributed by atoms with Gasteiger partial charge in [-0.3, -0.25) is 4.99 Å². The SMILES string of the molecule is CN=C(NCc1ccc(C)s1)Nc1ccc2c(c1)OCCCO2. The molecular weight excluding hydrogens is 310 g/mol. The Kier molecular flexibility index (Phi) is 5.02. The summed E-state index contributed by atoms with van der Waals surface area (Å²) in [6.07, 6.45) is 0.904. The van der Waals surface area contributed by atoms with Gasteiger partial charge in [0.15, 0.2) is 17.5 Å². The molecule has 2 aromatic rings. The van der Waals surface area contributed by atoms with Gasteiger partial charge in [0.2, 0.25) is 0 Å². The van der Waals surface area contributed by atoms with Gasteiger partial charge in [-0.2, -0.15) is 0 Å². The largest absolute Gasteiger partial charge is 0.490 e. The van der Waals surface area contributed by atoms with E-state index in [1.54, 1.807) is 18.4 Å². The van der Waals surface area contributed by atoms with Gasteiger partial charge < -0.3 is 20.1 Å². The highest BCUT2D eigenvalue weighted by atomic mass is 32.1. The molecule has 0 radical (unpaired) electrons. The van der Waals surface area contributed by atoms with E-state index in [1.807, 2.05) is 18.2 Å². The lowest BCUT2D eigenvalue weighted by molar-refractivity contribution is 0.297. The number of nitrogens with one attached hydrogen (secondary N) is 2. The Morgan fingerprint density at radius 2 is 2.00 bits per heavy atom. The number of aryl methyl sites for hydroxylation is 1. The van der Waals surface area contributed by atoms with E-state index in [2.05, 4.69) is 34.7 Å². The minimum Gasteiger partial charge on any atom is -0.490 e. The maximum absolute atomic E-state index is 5.71. The summed E-state index contributed by atoms with van der Waals surface area (Å²) in [7, 11) is 1.76. The number of rotatable bonds is 3. The van der Waals surface area contributed by atoms with Crippen molar-refractivity contribution < 1.29 is 9.47 Å². The molecule has 1 aromatic carbocycles. The molecule has 0 fully saturated rings. The maximum Gasteiger partial charge on any atom is 0.195 e. The normalized spacial score (nSPS) is 14.3. The highest BCUT2D eigenvalue weighted by molar-refractivity contribution is 7.11. The van der Waals surface area contributed by atoms with E-state index < -0.39 is 0 Å². The lowest BCUT2D eigenvalue weighted by Gasteiger charge is -2.13. The van der Waals surface area contributed by atoms with Crippen molar-refractivity contribution in [2.75, 3.05) is 25.6 Å². The van der Waals surface area contributed by atoms with Gasteiger partial charge in [-0.15, -0.1) is 11.3 Å². The van der Waals surface area contributed by atoms with E-state index in [0.29, 0.717) is 13.2 Å². The van der Waals surface area contributed by atoms with Crippen LogP contribution in [0.5, 0.6) is 11.5 Å². The quantitative estimate of drug-likeness (QED) is 0.668. The summed E-state index contributed by atoms with van der Waals surface area (Å²) in [5.74, 6) is 2.30. The Morgan fingerprint density at radius 1 is 1.17 bits per heavy atom. The van der Waals surface area contributed by atoms with Gasteiger partial charge in [-0.05, 0) is 31.2 Å². The molecule has 2 N–H and O–H groups in total. The number of benzene rings is 1. The first-order valence-corrected chi connectivity index (χ1v) is 8.49. The molecule has 0 saturated carbocycles. The zero-order valence-corrected chi connectivity index (χ0v) is 14.2. The monoisotopic (exact) mass is 331 g/mol. The van der Waals surface area contributed by atoms with Crippen LogP contribution in [0.2, 0.25) is 0 Å². The summed E-state index contributed by atoms with van der Waals surface area (Å²) in [6, 6.07) is 10.1. The van der Waals surface area contributed by atoms with Crippen molar-refractivity contribution in [2.24, 2.45) is 4.99 Å². The number of guanidine groups is 1. The van der Waals surface area contributed by atoms with Gasteiger partial charge in [0.05, 0.1) is 19.8 Å². The van der Waals surface area contributed by atoms with Crippen LogP contribution in [-0.2, 0) is 6.54 Å². The van der Waals surface area contributed by atoms with E-state index in [9.17, 15) is 0 Å². The molecule has 0 atom stereocenters. The Bertz CT molecular complexity index is 697. The molecule has 1 aliphatic rings. The topological polar surface area (TPSA) is 54.9 Å². The second kappa shape index (κ2) is 7.37. The fraction of sp³-hybridized carbons (Fsp3) is 0.353. The standard InChI is InChI=1S/C17H21N3O2S/c1-12-4-6-14(23-12)11-19-17(18-2)20-13-5-7-15-16(10-13)22-9-3-8-21-15/h4-7,10H,3,8-9,11H2,1-2H3,(H2,18,19,20). The van der Waals surface area contributed by atoms with Crippen LogP contribution in [0.15, 0.2) is 35.3 Å². The molecule has 0 unspecified atom stereocenters. The number of aliphatic imine (C=N–C) groups is 1. The number of nitrogens with zero attached hydrogens (tertiary/aromatic N) is 1. The summed E-state index contributed by atoms with van der Waals surface area (Å²) in [6.45, 7) is 4.24. The predicted octanol–water partition coefficient (Wildman–Crippen LogP) is 3.41. The summed E-state index contributed by atoms with van der Waals surface area (Å²) in [5, 5.41) is 6.60. The number of fused-ring (bicyclic) bond motifs is 1. The van der Waals surface area contributed by atoms with Crippen LogP contribution in [0.1, 0.15) is 16.2 Å². The number of hydrogen-bond donors (Lipinski definition) is 2. The summed E-state index contributed by atoms with van der Waals surface area (Å²) in [4.78, 5) is 6.86. The number of thiophene rings is 1.